The highest BCUT2D eigenvalue weighted by Gasteiger charge is 2.14. The number of hydrogen-bond donors (Lipinski definition) is 2. The van der Waals surface area contributed by atoms with E-state index in [1.165, 1.54) is 25.0 Å². The fraction of sp³-hybridized carbons (Fsp3) is 0.917. The molecule has 1 aliphatic heterocycles. The zero-order valence-electron chi connectivity index (χ0n) is 10.0. The van der Waals surface area contributed by atoms with Crippen LogP contribution in [-0.2, 0) is 4.79 Å². The lowest BCUT2D eigenvalue weighted by molar-refractivity contribution is -0.121. The maximum Gasteiger partial charge on any atom is 0.220 e. The quantitative estimate of drug-likeness (QED) is 0.673. The summed E-state index contributed by atoms with van der Waals surface area (Å²) in [5.41, 5.74) is 5.40. The standard InChI is InChI=1S/C12H24N2OS/c13-8-4-1-2-7-12(15)14-10-11-6-3-5-9-16-11/h11H,1-10,13H2,(H,14,15). The molecule has 94 valence electrons. The summed E-state index contributed by atoms with van der Waals surface area (Å²) in [6.45, 7) is 1.60. The van der Waals surface area contributed by atoms with E-state index in [0.29, 0.717) is 11.7 Å². The summed E-state index contributed by atoms with van der Waals surface area (Å²) in [6, 6.07) is 0. The molecule has 0 aromatic heterocycles. The van der Waals surface area contributed by atoms with Crippen LogP contribution in [0.15, 0.2) is 0 Å². The van der Waals surface area contributed by atoms with E-state index in [-0.39, 0.29) is 5.91 Å². The number of carbonyl (C=O) groups is 1. The van der Waals surface area contributed by atoms with Gasteiger partial charge in [-0.3, -0.25) is 4.79 Å². The van der Waals surface area contributed by atoms with E-state index in [9.17, 15) is 4.79 Å². The number of rotatable bonds is 7. The molecule has 1 heterocycles. The van der Waals surface area contributed by atoms with Crippen LogP contribution in [0, 0.1) is 0 Å². The van der Waals surface area contributed by atoms with E-state index in [1.807, 2.05) is 11.8 Å². The lowest BCUT2D eigenvalue weighted by atomic mass is 10.1. The van der Waals surface area contributed by atoms with Crippen LogP contribution in [0.4, 0.5) is 0 Å². The average Bonchev–Trinajstić information content (AvgIpc) is 2.33. The number of amides is 1. The molecule has 1 unspecified atom stereocenters. The molecule has 1 rings (SSSR count). The molecule has 0 aromatic rings. The molecular formula is C12H24N2OS. The van der Waals surface area contributed by atoms with Crippen molar-refractivity contribution >= 4 is 17.7 Å². The summed E-state index contributed by atoms with van der Waals surface area (Å²) < 4.78 is 0. The first kappa shape index (κ1) is 13.8. The SMILES string of the molecule is NCCCCCC(=O)NCC1CCCCS1. The fourth-order valence-electron chi connectivity index (χ4n) is 1.89. The van der Waals surface area contributed by atoms with E-state index >= 15 is 0 Å². The van der Waals surface area contributed by atoms with E-state index < -0.39 is 0 Å². The molecule has 0 saturated carbocycles. The van der Waals surface area contributed by atoms with Crippen LogP contribution in [0.3, 0.4) is 0 Å². The minimum atomic E-state index is 0.211. The van der Waals surface area contributed by atoms with E-state index in [4.69, 9.17) is 5.73 Å². The summed E-state index contributed by atoms with van der Waals surface area (Å²) >= 11 is 2.01. The molecule has 1 saturated heterocycles. The predicted octanol–water partition coefficient (Wildman–Crippen LogP) is 1.91. The maximum atomic E-state index is 11.5. The van der Waals surface area contributed by atoms with E-state index in [2.05, 4.69) is 5.32 Å². The molecule has 0 aromatic carbocycles. The van der Waals surface area contributed by atoms with Crippen LogP contribution < -0.4 is 11.1 Å². The highest BCUT2D eigenvalue weighted by Crippen LogP contribution is 2.24. The molecule has 0 radical (unpaired) electrons. The first-order chi connectivity index (χ1) is 7.83. The summed E-state index contributed by atoms with van der Waals surface area (Å²) in [6.07, 6.45) is 7.67. The fourth-order valence-corrected chi connectivity index (χ4v) is 3.13. The highest BCUT2D eigenvalue weighted by molar-refractivity contribution is 7.99. The molecule has 0 aliphatic carbocycles. The van der Waals surface area contributed by atoms with Crippen molar-refractivity contribution in [3.05, 3.63) is 0 Å². The lowest BCUT2D eigenvalue weighted by Crippen LogP contribution is -2.31. The monoisotopic (exact) mass is 244 g/mol. The van der Waals surface area contributed by atoms with Gasteiger partial charge in [0.2, 0.25) is 5.91 Å². The molecule has 3 nitrogen and oxygen atoms in total. The minimum Gasteiger partial charge on any atom is -0.355 e. The second-order valence-corrected chi connectivity index (χ2v) is 5.80. The Morgan fingerprint density at radius 2 is 2.19 bits per heavy atom. The van der Waals surface area contributed by atoms with Gasteiger partial charge < -0.3 is 11.1 Å². The van der Waals surface area contributed by atoms with Gasteiger partial charge in [-0.1, -0.05) is 12.8 Å². The van der Waals surface area contributed by atoms with Gasteiger partial charge in [-0.25, -0.2) is 0 Å². The van der Waals surface area contributed by atoms with Gasteiger partial charge in [0.1, 0.15) is 0 Å². The molecular weight excluding hydrogens is 220 g/mol. The number of nitrogens with two attached hydrogens (primary N) is 1. The number of carbonyl (C=O) groups excluding carboxylic acids is 1. The molecule has 1 atom stereocenters. The van der Waals surface area contributed by atoms with E-state index in [0.717, 1.165) is 32.4 Å². The molecule has 1 amide bonds. The Balaban J connectivity index is 1.96. The number of unbranched alkanes of at least 4 members (excludes halogenated alkanes) is 2. The zero-order chi connectivity index (χ0) is 11.6. The summed E-state index contributed by atoms with van der Waals surface area (Å²) in [4.78, 5) is 11.5. The first-order valence-electron chi connectivity index (χ1n) is 6.41. The van der Waals surface area contributed by atoms with Crippen molar-refractivity contribution in [1.82, 2.24) is 5.32 Å². The maximum absolute atomic E-state index is 11.5. The van der Waals surface area contributed by atoms with Crippen molar-refractivity contribution in [3.63, 3.8) is 0 Å². The number of hydrogen-bond acceptors (Lipinski definition) is 3. The molecule has 4 heteroatoms. The van der Waals surface area contributed by atoms with E-state index in [1.54, 1.807) is 0 Å². The average molecular weight is 244 g/mol. The summed E-state index contributed by atoms with van der Waals surface area (Å²) in [5.74, 6) is 1.47. The van der Waals surface area contributed by atoms with Crippen LogP contribution in [0.1, 0.15) is 44.9 Å². The molecule has 1 fully saturated rings. The topological polar surface area (TPSA) is 55.1 Å². The smallest absolute Gasteiger partial charge is 0.220 e. The Morgan fingerprint density at radius 1 is 1.31 bits per heavy atom. The van der Waals surface area contributed by atoms with Crippen molar-refractivity contribution in [2.24, 2.45) is 5.73 Å². The first-order valence-corrected chi connectivity index (χ1v) is 7.46. The Kier molecular flexibility index (Phi) is 7.68. The van der Waals surface area contributed by atoms with Crippen molar-refractivity contribution in [2.75, 3.05) is 18.8 Å². The molecule has 16 heavy (non-hydrogen) atoms. The van der Waals surface area contributed by atoms with Crippen LogP contribution >= 0.6 is 11.8 Å². The molecule has 1 aliphatic rings. The molecule has 0 bridgehead atoms. The van der Waals surface area contributed by atoms with Crippen molar-refractivity contribution in [1.29, 1.82) is 0 Å². The second-order valence-electron chi connectivity index (χ2n) is 4.39. The Labute approximate surface area is 103 Å². The van der Waals surface area contributed by atoms with Crippen molar-refractivity contribution in [3.8, 4) is 0 Å². The summed E-state index contributed by atoms with van der Waals surface area (Å²) in [5, 5.41) is 3.69. The van der Waals surface area contributed by atoms with Gasteiger partial charge in [-0.05, 0) is 38.0 Å². The van der Waals surface area contributed by atoms with Gasteiger partial charge in [0.05, 0.1) is 0 Å². The van der Waals surface area contributed by atoms with Gasteiger partial charge in [0.15, 0.2) is 0 Å². The summed E-state index contributed by atoms with van der Waals surface area (Å²) in [7, 11) is 0. The Morgan fingerprint density at radius 3 is 2.88 bits per heavy atom. The van der Waals surface area contributed by atoms with Gasteiger partial charge in [-0.15, -0.1) is 0 Å². The third-order valence-corrected chi connectivity index (χ3v) is 4.31. The number of nitrogens with one attached hydrogen (secondary N) is 1. The lowest BCUT2D eigenvalue weighted by Gasteiger charge is -2.21. The van der Waals surface area contributed by atoms with Crippen LogP contribution in [0.2, 0.25) is 0 Å². The third kappa shape index (κ3) is 6.38. The third-order valence-electron chi connectivity index (χ3n) is 2.91. The highest BCUT2D eigenvalue weighted by atomic mass is 32.2. The number of thioether (sulfide) groups is 1. The van der Waals surface area contributed by atoms with Crippen LogP contribution in [0.25, 0.3) is 0 Å². The van der Waals surface area contributed by atoms with Crippen LogP contribution in [-0.4, -0.2) is 30.0 Å². The van der Waals surface area contributed by atoms with Gasteiger partial charge in [0, 0.05) is 18.2 Å². The van der Waals surface area contributed by atoms with Crippen LogP contribution in [0.5, 0.6) is 0 Å². The molecule has 0 spiro atoms. The van der Waals surface area contributed by atoms with Gasteiger partial charge in [0.25, 0.3) is 0 Å². The Hall–Kier alpha value is -0.220. The largest absolute Gasteiger partial charge is 0.355 e. The Bertz CT molecular complexity index is 193. The molecule has 3 N–H and O–H groups in total. The predicted molar refractivity (Wildman–Crippen MR) is 70.6 cm³/mol. The van der Waals surface area contributed by atoms with Gasteiger partial charge >= 0.3 is 0 Å². The normalized spacial score (nSPS) is 20.7. The van der Waals surface area contributed by atoms with Crippen molar-refractivity contribution in [2.45, 2.75) is 50.2 Å². The second kappa shape index (κ2) is 8.88. The minimum absolute atomic E-state index is 0.211. The van der Waals surface area contributed by atoms with Crippen molar-refractivity contribution < 1.29 is 4.79 Å². The zero-order valence-corrected chi connectivity index (χ0v) is 10.9. The van der Waals surface area contributed by atoms with Gasteiger partial charge in [-0.2, -0.15) is 11.8 Å².